The summed E-state index contributed by atoms with van der Waals surface area (Å²) in [6.45, 7) is 0.671. The quantitative estimate of drug-likeness (QED) is 0.933. The lowest BCUT2D eigenvalue weighted by atomic mass is 10.3. The van der Waals surface area contributed by atoms with E-state index in [9.17, 15) is 9.59 Å². The minimum Gasteiger partial charge on any atom is -0.324 e. The fourth-order valence-corrected chi connectivity index (χ4v) is 2.64. The Kier molecular flexibility index (Phi) is 4.37. The van der Waals surface area contributed by atoms with Crippen molar-refractivity contribution in [1.82, 2.24) is 4.90 Å². The highest BCUT2D eigenvalue weighted by Crippen LogP contribution is 2.25. The summed E-state index contributed by atoms with van der Waals surface area (Å²) in [5, 5.41) is 3.42. The van der Waals surface area contributed by atoms with Gasteiger partial charge >= 0.3 is 0 Å². The molecule has 0 bridgehead atoms. The molecule has 0 unspecified atom stereocenters. The second-order valence-corrected chi connectivity index (χ2v) is 5.57. The number of hydrogen-bond acceptors (Lipinski definition) is 3. The zero-order chi connectivity index (χ0) is 13.1. The van der Waals surface area contributed by atoms with Crippen molar-refractivity contribution in [3.8, 4) is 0 Å². The molecular weight excluding hydrogens is 295 g/mol. The van der Waals surface area contributed by atoms with Gasteiger partial charge in [0.2, 0.25) is 5.91 Å². The maximum Gasteiger partial charge on any atom is 0.282 e. The fourth-order valence-electron chi connectivity index (χ4n) is 1.52. The lowest BCUT2D eigenvalue weighted by Crippen LogP contribution is -2.33. The molecule has 1 aliphatic rings. The molecule has 2 amide bonds. The molecule has 18 heavy (non-hydrogen) atoms. The smallest absolute Gasteiger partial charge is 0.282 e. The predicted molar refractivity (Wildman–Crippen MR) is 74.5 cm³/mol. The Labute approximate surface area is 119 Å². The van der Waals surface area contributed by atoms with Gasteiger partial charge in [0.25, 0.3) is 5.24 Å². The first-order valence-electron chi connectivity index (χ1n) is 5.23. The maximum atomic E-state index is 11.7. The molecule has 1 aliphatic heterocycles. The highest BCUT2D eigenvalue weighted by molar-refractivity contribution is 8.13. The van der Waals surface area contributed by atoms with Crippen LogP contribution < -0.4 is 5.32 Å². The zero-order valence-corrected chi connectivity index (χ0v) is 11.6. The van der Waals surface area contributed by atoms with Crippen molar-refractivity contribution in [3.05, 3.63) is 28.2 Å². The number of rotatable bonds is 3. The van der Waals surface area contributed by atoms with Gasteiger partial charge in [0.15, 0.2) is 0 Å². The molecule has 96 valence electrons. The van der Waals surface area contributed by atoms with E-state index in [4.69, 9.17) is 23.2 Å². The first-order chi connectivity index (χ1) is 8.56. The number of thioether (sulfide) groups is 1. The molecule has 1 fully saturated rings. The molecule has 1 heterocycles. The predicted octanol–water partition coefficient (Wildman–Crippen LogP) is 3.10. The molecule has 1 saturated heterocycles. The van der Waals surface area contributed by atoms with Crippen LogP contribution in [0.1, 0.15) is 0 Å². The van der Waals surface area contributed by atoms with E-state index in [1.165, 1.54) is 16.7 Å². The van der Waals surface area contributed by atoms with Gasteiger partial charge in [0.1, 0.15) is 6.54 Å². The van der Waals surface area contributed by atoms with E-state index in [2.05, 4.69) is 5.32 Å². The van der Waals surface area contributed by atoms with Gasteiger partial charge in [0, 0.05) is 18.0 Å². The average Bonchev–Trinajstić information content (AvgIpc) is 2.70. The largest absolute Gasteiger partial charge is 0.324 e. The summed E-state index contributed by atoms with van der Waals surface area (Å²) in [7, 11) is 0. The summed E-state index contributed by atoms with van der Waals surface area (Å²) in [4.78, 5) is 24.6. The lowest BCUT2D eigenvalue weighted by Gasteiger charge is -2.14. The molecule has 4 nitrogen and oxygen atoms in total. The zero-order valence-electron chi connectivity index (χ0n) is 9.28. The van der Waals surface area contributed by atoms with Crippen molar-refractivity contribution in [2.24, 2.45) is 0 Å². The minimum atomic E-state index is -0.246. The third-order valence-corrected chi connectivity index (χ3v) is 4.01. The Morgan fingerprint density at radius 3 is 2.78 bits per heavy atom. The lowest BCUT2D eigenvalue weighted by molar-refractivity contribution is -0.116. The molecule has 0 aromatic heterocycles. The highest BCUT2D eigenvalue weighted by atomic mass is 35.5. The maximum absolute atomic E-state index is 11.7. The van der Waals surface area contributed by atoms with Crippen LogP contribution in [0.4, 0.5) is 10.5 Å². The first-order valence-corrected chi connectivity index (χ1v) is 6.97. The van der Waals surface area contributed by atoms with Gasteiger partial charge in [-0.25, -0.2) is 0 Å². The van der Waals surface area contributed by atoms with Gasteiger partial charge in [-0.05, 0) is 18.2 Å². The Bertz CT molecular complexity index is 496. The van der Waals surface area contributed by atoms with Crippen molar-refractivity contribution >= 4 is 51.8 Å². The second kappa shape index (κ2) is 5.82. The number of nitrogens with one attached hydrogen (secondary N) is 1. The Morgan fingerprint density at radius 2 is 2.17 bits per heavy atom. The molecule has 7 heteroatoms. The van der Waals surface area contributed by atoms with E-state index in [1.807, 2.05) is 0 Å². The number of amides is 2. The molecule has 0 spiro atoms. The van der Waals surface area contributed by atoms with Crippen molar-refractivity contribution in [1.29, 1.82) is 0 Å². The van der Waals surface area contributed by atoms with Gasteiger partial charge in [-0.3, -0.25) is 9.59 Å². The summed E-state index contributed by atoms with van der Waals surface area (Å²) >= 11 is 12.8. The van der Waals surface area contributed by atoms with Crippen LogP contribution in [0.5, 0.6) is 0 Å². The number of hydrogen-bond donors (Lipinski definition) is 1. The van der Waals surface area contributed by atoms with E-state index in [-0.39, 0.29) is 17.7 Å². The molecule has 0 aliphatic carbocycles. The Morgan fingerprint density at radius 1 is 1.39 bits per heavy atom. The highest BCUT2D eigenvalue weighted by Gasteiger charge is 2.23. The standard InChI is InChI=1S/C11H10Cl2N2O2S/c12-8-2-1-7(5-9(8)13)14-10(16)6-15-3-4-18-11(15)17/h1-2,5H,3-4,6H2,(H,14,16). The third-order valence-electron chi connectivity index (χ3n) is 2.38. The summed E-state index contributed by atoms with van der Waals surface area (Å²) in [5.74, 6) is 0.489. The molecule has 1 aromatic rings. The van der Waals surface area contributed by atoms with E-state index >= 15 is 0 Å². The van der Waals surface area contributed by atoms with Crippen LogP contribution in [-0.2, 0) is 4.79 Å². The van der Waals surface area contributed by atoms with Gasteiger partial charge in [0.05, 0.1) is 10.0 Å². The van der Waals surface area contributed by atoms with E-state index in [1.54, 1.807) is 18.2 Å². The van der Waals surface area contributed by atoms with Crippen LogP contribution >= 0.6 is 35.0 Å². The summed E-state index contributed by atoms with van der Waals surface area (Å²) < 4.78 is 0. The summed E-state index contributed by atoms with van der Waals surface area (Å²) in [5.41, 5.74) is 0.564. The molecule has 0 atom stereocenters. The van der Waals surface area contributed by atoms with Crippen molar-refractivity contribution in [2.75, 3.05) is 24.2 Å². The van der Waals surface area contributed by atoms with E-state index in [0.717, 1.165) is 5.75 Å². The molecular formula is C11H10Cl2N2O2S. The minimum absolute atomic E-state index is 0.0562. The summed E-state index contributed by atoms with van der Waals surface area (Å²) in [6, 6.07) is 4.84. The second-order valence-electron chi connectivity index (χ2n) is 3.71. The third kappa shape index (κ3) is 3.31. The van der Waals surface area contributed by atoms with Crippen LogP contribution in [0.2, 0.25) is 10.0 Å². The van der Waals surface area contributed by atoms with Crippen molar-refractivity contribution in [2.45, 2.75) is 0 Å². The number of anilines is 1. The molecule has 2 rings (SSSR count). The van der Waals surface area contributed by atoms with Crippen LogP contribution in [0, 0.1) is 0 Å². The number of benzene rings is 1. The molecule has 0 radical (unpaired) electrons. The Balaban J connectivity index is 1.94. The van der Waals surface area contributed by atoms with Crippen LogP contribution in [0.25, 0.3) is 0 Å². The van der Waals surface area contributed by atoms with E-state index < -0.39 is 0 Å². The number of halogens is 2. The first kappa shape index (κ1) is 13.5. The topological polar surface area (TPSA) is 49.4 Å². The van der Waals surface area contributed by atoms with Gasteiger partial charge < -0.3 is 10.2 Å². The Hall–Kier alpha value is -0.910. The molecule has 1 aromatic carbocycles. The average molecular weight is 305 g/mol. The summed E-state index contributed by atoms with van der Waals surface area (Å²) in [6.07, 6.45) is 0. The number of carbonyl (C=O) groups is 2. The number of nitrogens with zero attached hydrogens (tertiary/aromatic N) is 1. The van der Waals surface area contributed by atoms with Gasteiger partial charge in [-0.2, -0.15) is 0 Å². The van der Waals surface area contributed by atoms with Crippen molar-refractivity contribution < 1.29 is 9.59 Å². The SMILES string of the molecule is O=C(CN1CCSC1=O)Nc1ccc(Cl)c(Cl)c1. The van der Waals surface area contributed by atoms with Gasteiger partial charge in [-0.15, -0.1) is 0 Å². The van der Waals surface area contributed by atoms with Crippen LogP contribution in [0.3, 0.4) is 0 Å². The molecule has 1 N–H and O–H groups in total. The van der Waals surface area contributed by atoms with Gasteiger partial charge in [-0.1, -0.05) is 35.0 Å². The van der Waals surface area contributed by atoms with Crippen LogP contribution in [0.15, 0.2) is 18.2 Å². The van der Waals surface area contributed by atoms with Crippen molar-refractivity contribution in [3.63, 3.8) is 0 Å². The van der Waals surface area contributed by atoms with E-state index in [0.29, 0.717) is 22.3 Å². The fraction of sp³-hybridized carbons (Fsp3) is 0.273. The normalized spacial score (nSPS) is 15.0. The molecule has 0 saturated carbocycles. The monoisotopic (exact) mass is 304 g/mol. The van der Waals surface area contributed by atoms with Crippen LogP contribution in [-0.4, -0.2) is 34.9 Å². The number of carbonyl (C=O) groups excluding carboxylic acids is 2.